The summed E-state index contributed by atoms with van der Waals surface area (Å²) in [5, 5.41) is 4.84. The van der Waals surface area contributed by atoms with E-state index < -0.39 is 0 Å². The molecule has 0 unspecified atom stereocenters. The second kappa shape index (κ2) is 7.65. The molecule has 3 rings (SSSR count). The highest BCUT2D eigenvalue weighted by molar-refractivity contribution is 7.12. The minimum atomic E-state index is -0.266. The monoisotopic (exact) mass is 359 g/mol. The second-order valence-corrected chi connectivity index (χ2v) is 7.21. The third-order valence-corrected chi connectivity index (χ3v) is 5.42. The molecule has 25 heavy (non-hydrogen) atoms. The largest absolute Gasteiger partial charge is 0.351 e. The van der Waals surface area contributed by atoms with Crippen molar-refractivity contribution in [2.45, 2.75) is 12.8 Å². The molecule has 7 heteroatoms. The van der Waals surface area contributed by atoms with Crippen molar-refractivity contribution in [3.05, 3.63) is 56.6 Å². The van der Waals surface area contributed by atoms with Crippen molar-refractivity contribution < 1.29 is 9.59 Å². The fourth-order valence-corrected chi connectivity index (χ4v) is 3.64. The van der Waals surface area contributed by atoms with E-state index in [2.05, 4.69) is 5.32 Å². The summed E-state index contributed by atoms with van der Waals surface area (Å²) < 4.78 is 1.42. The van der Waals surface area contributed by atoms with Gasteiger partial charge >= 0.3 is 0 Å². The topological polar surface area (TPSA) is 71.4 Å². The Morgan fingerprint density at radius 3 is 2.68 bits per heavy atom. The van der Waals surface area contributed by atoms with Gasteiger partial charge in [-0.15, -0.1) is 11.3 Å². The Labute approximate surface area is 150 Å². The van der Waals surface area contributed by atoms with Crippen LogP contribution in [0.5, 0.6) is 0 Å². The molecule has 1 fully saturated rings. The van der Waals surface area contributed by atoms with Crippen molar-refractivity contribution in [3.8, 4) is 0 Å². The van der Waals surface area contributed by atoms with Crippen LogP contribution in [0.25, 0.3) is 0 Å². The van der Waals surface area contributed by atoms with Gasteiger partial charge in [0, 0.05) is 32.9 Å². The lowest BCUT2D eigenvalue weighted by Gasteiger charge is -2.32. The zero-order valence-electron chi connectivity index (χ0n) is 14.1. The van der Waals surface area contributed by atoms with Gasteiger partial charge in [-0.1, -0.05) is 6.07 Å². The molecular formula is C18H21N3O3S. The number of carbonyl (C=O) groups excluding carboxylic acids is 2. The molecular weight excluding hydrogens is 338 g/mol. The van der Waals surface area contributed by atoms with Crippen LogP contribution >= 0.6 is 11.3 Å². The molecule has 1 N–H and O–H groups in total. The average Bonchev–Trinajstić information content (AvgIpc) is 3.17. The number of amides is 2. The first-order chi connectivity index (χ1) is 12.1. The van der Waals surface area contributed by atoms with Crippen molar-refractivity contribution in [3.63, 3.8) is 0 Å². The number of thiophene rings is 1. The molecule has 0 atom stereocenters. The molecule has 132 valence electrons. The number of rotatable bonds is 4. The first kappa shape index (κ1) is 17.4. The summed E-state index contributed by atoms with van der Waals surface area (Å²) in [6, 6.07) is 6.96. The highest BCUT2D eigenvalue weighted by Gasteiger charge is 2.25. The molecule has 6 nitrogen and oxygen atoms in total. The smallest absolute Gasteiger partial charge is 0.263 e. The Morgan fingerprint density at radius 2 is 2.00 bits per heavy atom. The van der Waals surface area contributed by atoms with Crippen LogP contribution in [-0.2, 0) is 7.05 Å². The van der Waals surface area contributed by atoms with E-state index in [0.29, 0.717) is 30.4 Å². The van der Waals surface area contributed by atoms with E-state index in [-0.39, 0.29) is 22.9 Å². The lowest BCUT2D eigenvalue weighted by Crippen LogP contribution is -2.43. The quantitative estimate of drug-likeness (QED) is 0.904. The van der Waals surface area contributed by atoms with Gasteiger partial charge in [-0.2, -0.15) is 0 Å². The van der Waals surface area contributed by atoms with Crippen LogP contribution in [-0.4, -0.2) is 40.9 Å². The molecule has 2 aromatic rings. The third-order valence-electron chi connectivity index (χ3n) is 4.55. The molecule has 0 bridgehead atoms. The molecule has 2 aromatic heterocycles. The van der Waals surface area contributed by atoms with Crippen molar-refractivity contribution in [1.82, 2.24) is 14.8 Å². The number of hydrogen-bond acceptors (Lipinski definition) is 4. The maximum absolute atomic E-state index is 12.5. The van der Waals surface area contributed by atoms with Crippen LogP contribution in [0.3, 0.4) is 0 Å². The average molecular weight is 359 g/mol. The highest BCUT2D eigenvalue weighted by Crippen LogP contribution is 2.18. The van der Waals surface area contributed by atoms with E-state index in [0.717, 1.165) is 12.8 Å². The number of hydrogen-bond donors (Lipinski definition) is 1. The zero-order valence-corrected chi connectivity index (χ0v) is 14.9. The molecule has 1 aliphatic rings. The normalized spacial score (nSPS) is 15.2. The first-order valence-electron chi connectivity index (χ1n) is 8.33. The Morgan fingerprint density at radius 1 is 1.24 bits per heavy atom. The van der Waals surface area contributed by atoms with E-state index in [1.54, 1.807) is 30.3 Å². The molecule has 0 saturated carbocycles. The predicted octanol–water partition coefficient (Wildman–Crippen LogP) is 1.73. The SMILES string of the molecule is Cn1cccc(C(=O)N2CCC(CNC(=O)c3cccs3)CC2)c1=O. The van der Waals surface area contributed by atoms with Crippen LogP contribution in [0.2, 0.25) is 0 Å². The van der Waals surface area contributed by atoms with Crippen LogP contribution in [0.1, 0.15) is 32.9 Å². The van der Waals surface area contributed by atoms with Crippen molar-refractivity contribution in [2.75, 3.05) is 19.6 Å². The highest BCUT2D eigenvalue weighted by atomic mass is 32.1. The van der Waals surface area contributed by atoms with Gasteiger partial charge < -0.3 is 14.8 Å². The third kappa shape index (κ3) is 3.99. The van der Waals surface area contributed by atoms with Gasteiger partial charge in [0.05, 0.1) is 4.88 Å². The number of nitrogens with zero attached hydrogens (tertiary/aromatic N) is 2. The van der Waals surface area contributed by atoms with E-state index in [1.807, 2.05) is 17.5 Å². The molecule has 3 heterocycles. The molecule has 1 aliphatic heterocycles. The predicted molar refractivity (Wildman–Crippen MR) is 97.0 cm³/mol. The number of carbonyl (C=O) groups is 2. The molecule has 0 radical (unpaired) electrons. The zero-order chi connectivity index (χ0) is 17.8. The fourth-order valence-electron chi connectivity index (χ4n) is 3.00. The van der Waals surface area contributed by atoms with Gasteiger partial charge in [0.25, 0.3) is 17.4 Å². The fraction of sp³-hybridized carbons (Fsp3) is 0.389. The van der Waals surface area contributed by atoms with Crippen molar-refractivity contribution in [1.29, 1.82) is 0 Å². The summed E-state index contributed by atoms with van der Waals surface area (Å²) in [6.07, 6.45) is 3.29. The summed E-state index contributed by atoms with van der Waals surface area (Å²) in [4.78, 5) is 39.0. The number of pyridine rings is 1. The molecule has 1 saturated heterocycles. The van der Waals surface area contributed by atoms with E-state index in [4.69, 9.17) is 0 Å². The number of likely N-dealkylation sites (tertiary alicyclic amines) is 1. The Hall–Kier alpha value is -2.41. The van der Waals surface area contributed by atoms with Crippen molar-refractivity contribution in [2.24, 2.45) is 13.0 Å². The number of aromatic nitrogens is 1. The van der Waals surface area contributed by atoms with E-state index in [9.17, 15) is 14.4 Å². The van der Waals surface area contributed by atoms with Crippen LogP contribution in [0.4, 0.5) is 0 Å². The summed E-state index contributed by atoms with van der Waals surface area (Å²) in [5.41, 5.74) is -0.0488. The van der Waals surface area contributed by atoms with E-state index >= 15 is 0 Å². The molecule has 0 aliphatic carbocycles. The first-order valence-corrected chi connectivity index (χ1v) is 9.21. The summed E-state index contributed by atoms with van der Waals surface area (Å²) >= 11 is 1.43. The number of nitrogens with one attached hydrogen (secondary N) is 1. The lowest BCUT2D eigenvalue weighted by molar-refractivity contribution is 0.0682. The Balaban J connectivity index is 1.51. The minimum absolute atomic E-state index is 0.0405. The Bertz CT molecular complexity index is 805. The van der Waals surface area contributed by atoms with Gasteiger partial charge in [0.1, 0.15) is 5.56 Å². The summed E-state index contributed by atoms with van der Waals surface area (Å²) in [5.74, 6) is 0.107. The molecule has 0 spiro atoms. The van der Waals surface area contributed by atoms with Crippen LogP contribution in [0.15, 0.2) is 40.6 Å². The Kier molecular flexibility index (Phi) is 5.33. The standard InChI is InChI=1S/C18H21N3O3S/c1-20-8-2-4-14(17(20)23)18(24)21-9-6-13(7-10-21)12-19-16(22)15-5-3-11-25-15/h2-5,8,11,13H,6-7,9-10,12H2,1H3,(H,19,22). The second-order valence-electron chi connectivity index (χ2n) is 6.26. The number of piperidine rings is 1. The van der Waals surface area contributed by atoms with Gasteiger partial charge in [-0.3, -0.25) is 14.4 Å². The van der Waals surface area contributed by atoms with Gasteiger partial charge in [-0.25, -0.2) is 0 Å². The molecule has 0 aromatic carbocycles. The van der Waals surface area contributed by atoms with Crippen LogP contribution in [0, 0.1) is 5.92 Å². The summed E-state index contributed by atoms with van der Waals surface area (Å²) in [6.45, 7) is 1.83. The maximum Gasteiger partial charge on any atom is 0.263 e. The van der Waals surface area contributed by atoms with Gasteiger partial charge in [0.2, 0.25) is 0 Å². The van der Waals surface area contributed by atoms with Crippen LogP contribution < -0.4 is 10.9 Å². The maximum atomic E-state index is 12.5. The lowest BCUT2D eigenvalue weighted by atomic mass is 9.96. The molecule has 2 amide bonds. The van der Waals surface area contributed by atoms with Gasteiger partial charge in [0.15, 0.2) is 0 Å². The summed E-state index contributed by atoms with van der Waals surface area (Å²) in [7, 11) is 1.64. The number of aryl methyl sites for hydroxylation is 1. The van der Waals surface area contributed by atoms with Gasteiger partial charge in [-0.05, 0) is 42.3 Å². The minimum Gasteiger partial charge on any atom is -0.351 e. The van der Waals surface area contributed by atoms with E-state index in [1.165, 1.54) is 15.9 Å². The van der Waals surface area contributed by atoms with Crippen molar-refractivity contribution >= 4 is 23.2 Å².